The maximum absolute atomic E-state index is 12.9. The number of carbonyl (C=O) groups excluding carboxylic acids is 1. The molecule has 8 nitrogen and oxygen atoms in total. The Morgan fingerprint density at radius 2 is 1.90 bits per heavy atom. The van der Waals surface area contributed by atoms with Crippen molar-refractivity contribution in [2.24, 2.45) is 0 Å². The zero-order chi connectivity index (χ0) is 22.0. The van der Waals surface area contributed by atoms with Gasteiger partial charge in [-0.3, -0.25) is 4.79 Å². The number of carbonyl (C=O) groups is 1. The van der Waals surface area contributed by atoms with E-state index >= 15 is 0 Å². The Morgan fingerprint density at radius 3 is 2.55 bits per heavy atom. The van der Waals surface area contributed by atoms with Gasteiger partial charge in [-0.1, -0.05) is 37.5 Å². The van der Waals surface area contributed by atoms with Crippen LogP contribution in [-0.4, -0.2) is 37.2 Å². The number of benzene rings is 1. The number of rotatable bonds is 8. The first-order valence-electron chi connectivity index (χ1n) is 10.5. The molecular formula is C22H26ClN5O3. The summed E-state index contributed by atoms with van der Waals surface area (Å²) >= 11 is 5.93. The minimum atomic E-state index is -0.157. The molecule has 1 aliphatic rings. The second-order valence-corrected chi connectivity index (χ2v) is 9.31. The fourth-order valence-electron chi connectivity index (χ4n) is 3.17. The van der Waals surface area contributed by atoms with Gasteiger partial charge < -0.3 is 13.8 Å². The van der Waals surface area contributed by atoms with E-state index in [4.69, 9.17) is 20.5 Å². The molecule has 1 aromatic carbocycles. The van der Waals surface area contributed by atoms with E-state index < -0.39 is 0 Å². The Bertz CT molecular complexity index is 1030. The Balaban J connectivity index is 1.33. The van der Waals surface area contributed by atoms with Gasteiger partial charge in [0.2, 0.25) is 23.6 Å². The topological polar surface area (TPSA) is 98.2 Å². The lowest BCUT2D eigenvalue weighted by atomic mass is 9.96. The van der Waals surface area contributed by atoms with Gasteiger partial charge in [0, 0.05) is 34.9 Å². The van der Waals surface area contributed by atoms with Crippen LogP contribution < -0.4 is 0 Å². The summed E-state index contributed by atoms with van der Waals surface area (Å²) in [5.41, 5.74) is 0.636. The molecule has 0 bridgehead atoms. The maximum Gasteiger partial charge on any atom is 0.247 e. The van der Waals surface area contributed by atoms with Gasteiger partial charge in [-0.15, -0.1) is 10.2 Å². The largest absolute Gasteiger partial charge is 0.419 e. The van der Waals surface area contributed by atoms with E-state index in [0.29, 0.717) is 54.3 Å². The molecule has 2 heterocycles. The van der Waals surface area contributed by atoms with Crippen molar-refractivity contribution in [3.63, 3.8) is 0 Å². The third-order valence-corrected chi connectivity index (χ3v) is 5.34. The zero-order valence-electron chi connectivity index (χ0n) is 18.0. The second-order valence-electron chi connectivity index (χ2n) is 8.88. The first-order valence-corrected chi connectivity index (χ1v) is 10.9. The number of amides is 1. The van der Waals surface area contributed by atoms with Crippen LogP contribution in [0.4, 0.5) is 0 Å². The predicted octanol–water partition coefficient (Wildman–Crippen LogP) is 4.58. The molecule has 1 amide bonds. The van der Waals surface area contributed by atoms with E-state index in [1.54, 1.807) is 12.1 Å². The van der Waals surface area contributed by atoms with Crippen molar-refractivity contribution in [1.29, 1.82) is 0 Å². The summed E-state index contributed by atoms with van der Waals surface area (Å²) in [6, 6.07) is 7.44. The van der Waals surface area contributed by atoms with Crippen molar-refractivity contribution in [3.8, 4) is 11.5 Å². The molecule has 0 N–H and O–H groups in total. The van der Waals surface area contributed by atoms with Gasteiger partial charge in [0.25, 0.3) is 0 Å². The Morgan fingerprint density at radius 1 is 1.16 bits per heavy atom. The van der Waals surface area contributed by atoms with Crippen LogP contribution in [-0.2, 0) is 23.2 Å². The summed E-state index contributed by atoms with van der Waals surface area (Å²) in [6.45, 7) is 6.43. The van der Waals surface area contributed by atoms with Crippen molar-refractivity contribution in [1.82, 2.24) is 25.2 Å². The van der Waals surface area contributed by atoms with E-state index in [2.05, 4.69) is 20.3 Å². The van der Waals surface area contributed by atoms with Crippen LogP contribution in [0.15, 0.2) is 33.2 Å². The number of nitrogens with zero attached hydrogens (tertiary/aromatic N) is 5. The Kier molecular flexibility index (Phi) is 6.09. The lowest BCUT2D eigenvalue weighted by Gasteiger charge is -2.20. The van der Waals surface area contributed by atoms with Crippen molar-refractivity contribution in [2.75, 3.05) is 0 Å². The molecule has 1 fully saturated rings. The summed E-state index contributed by atoms with van der Waals surface area (Å²) in [7, 11) is 0. The standard InChI is InChI=1S/C22H26ClN5O3/c1-22(2,3)21-24-17(31-27-21)5-4-6-19(29)28(16-11-12-16)13-18-25-26-20(30-18)14-7-9-15(23)10-8-14/h7-10,16H,4-6,11-13H2,1-3H3. The van der Waals surface area contributed by atoms with E-state index in [-0.39, 0.29) is 17.4 Å². The lowest BCUT2D eigenvalue weighted by Crippen LogP contribution is -2.32. The average molecular weight is 444 g/mol. The molecule has 164 valence electrons. The molecule has 0 saturated heterocycles. The summed E-state index contributed by atoms with van der Waals surface area (Å²) in [5.74, 6) is 2.17. The molecule has 9 heteroatoms. The minimum Gasteiger partial charge on any atom is -0.419 e. The fourth-order valence-corrected chi connectivity index (χ4v) is 3.30. The van der Waals surface area contributed by atoms with Gasteiger partial charge in [-0.2, -0.15) is 4.98 Å². The first kappa shape index (κ1) is 21.5. The molecular weight excluding hydrogens is 418 g/mol. The van der Waals surface area contributed by atoms with Crippen LogP contribution in [0.25, 0.3) is 11.5 Å². The highest BCUT2D eigenvalue weighted by Crippen LogP contribution is 2.30. The van der Waals surface area contributed by atoms with Crippen molar-refractivity contribution in [3.05, 3.63) is 46.9 Å². The Hall–Kier alpha value is -2.74. The summed E-state index contributed by atoms with van der Waals surface area (Å²) in [5, 5.41) is 12.9. The molecule has 3 aromatic rings. The third-order valence-electron chi connectivity index (χ3n) is 5.09. The highest BCUT2D eigenvalue weighted by atomic mass is 35.5. The lowest BCUT2D eigenvalue weighted by molar-refractivity contribution is -0.132. The maximum atomic E-state index is 12.9. The van der Waals surface area contributed by atoms with E-state index in [1.165, 1.54) is 0 Å². The minimum absolute atomic E-state index is 0.0734. The number of hydrogen-bond donors (Lipinski definition) is 0. The molecule has 0 unspecified atom stereocenters. The molecule has 31 heavy (non-hydrogen) atoms. The molecule has 0 spiro atoms. The number of hydrogen-bond acceptors (Lipinski definition) is 7. The van der Waals surface area contributed by atoms with Crippen LogP contribution >= 0.6 is 11.6 Å². The first-order chi connectivity index (χ1) is 14.8. The Labute approximate surface area is 186 Å². The SMILES string of the molecule is CC(C)(C)c1noc(CCCC(=O)N(Cc2nnc(-c3ccc(Cl)cc3)o2)C2CC2)n1. The third kappa shape index (κ3) is 5.50. The van der Waals surface area contributed by atoms with Crippen LogP contribution in [0.3, 0.4) is 0 Å². The molecule has 4 rings (SSSR count). The second kappa shape index (κ2) is 8.78. The molecule has 0 atom stereocenters. The number of aryl methyl sites for hydroxylation is 1. The molecule has 0 aliphatic heterocycles. The monoisotopic (exact) mass is 443 g/mol. The van der Waals surface area contributed by atoms with Gasteiger partial charge in [0.05, 0.1) is 6.54 Å². The van der Waals surface area contributed by atoms with Gasteiger partial charge >= 0.3 is 0 Å². The van der Waals surface area contributed by atoms with Gasteiger partial charge in [-0.25, -0.2) is 0 Å². The van der Waals surface area contributed by atoms with Crippen LogP contribution in [0.2, 0.25) is 5.02 Å². The van der Waals surface area contributed by atoms with Gasteiger partial charge in [-0.05, 0) is 43.5 Å². The van der Waals surface area contributed by atoms with E-state index in [0.717, 1.165) is 18.4 Å². The van der Waals surface area contributed by atoms with Crippen LogP contribution in [0.5, 0.6) is 0 Å². The van der Waals surface area contributed by atoms with Crippen molar-refractivity contribution >= 4 is 17.5 Å². The highest BCUT2D eigenvalue weighted by molar-refractivity contribution is 6.30. The van der Waals surface area contributed by atoms with Crippen LogP contribution in [0.1, 0.15) is 64.1 Å². The number of aromatic nitrogens is 4. The summed E-state index contributed by atoms with van der Waals surface area (Å²) in [4.78, 5) is 19.1. The highest BCUT2D eigenvalue weighted by Gasteiger charge is 2.33. The zero-order valence-corrected chi connectivity index (χ0v) is 18.7. The summed E-state index contributed by atoms with van der Waals surface area (Å²) in [6.07, 6.45) is 3.63. The normalized spacial score (nSPS) is 14.1. The molecule has 1 aliphatic carbocycles. The quantitative estimate of drug-likeness (QED) is 0.502. The summed E-state index contributed by atoms with van der Waals surface area (Å²) < 4.78 is 11.1. The average Bonchev–Trinajstić information content (AvgIpc) is 3.24. The van der Waals surface area contributed by atoms with Crippen molar-refractivity contribution in [2.45, 2.75) is 70.9 Å². The van der Waals surface area contributed by atoms with Crippen LogP contribution in [0, 0.1) is 0 Å². The van der Waals surface area contributed by atoms with Crippen molar-refractivity contribution < 1.29 is 13.7 Å². The van der Waals surface area contributed by atoms with E-state index in [1.807, 2.05) is 37.8 Å². The van der Waals surface area contributed by atoms with Gasteiger partial charge in [0.1, 0.15) is 0 Å². The molecule has 0 radical (unpaired) electrons. The smallest absolute Gasteiger partial charge is 0.247 e. The number of halogens is 1. The van der Waals surface area contributed by atoms with Gasteiger partial charge in [0.15, 0.2) is 5.82 Å². The molecule has 1 saturated carbocycles. The fraction of sp³-hybridized carbons (Fsp3) is 0.500. The molecule has 2 aromatic heterocycles. The van der Waals surface area contributed by atoms with E-state index in [9.17, 15) is 4.79 Å². The predicted molar refractivity (Wildman–Crippen MR) is 114 cm³/mol.